The molecule has 1 atom stereocenters. The van der Waals surface area contributed by atoms with Gasteiger partial charge in [0.25, 0.3) is 0 Å². The molecule has 2 N–H and O–H groups in total. The van der Waals surface area contributed by atoms with Gasteiger partial charge in [-0.1, -0.05) is 23.9 Å². The highest BCUT2D eigenvalue weighted by Gasteiger charge is 2.51. The molecule has 8 heteroatoms. The molecule has 4 nitrogen and oxygen atoms in total. The molecule has 1 heterocycles. The molecule has 1 aromatic carbocycles. The number of aromatic nitrogens is 3. The Bertz CT molecular complexity index is 646. The first-order chi connectivity index (χ1) is 9.49. The van der Waals surface area contributed by atoms with Gasteiger partial charge in [-0.3, -0.25) is 0 Å². The molecule has 2 aromatic rings. The third-order valence-corrected chi connectivity index (χ3v) is 5.18. The van der Waals surface area contributed by atoms with E-state index in [1.165, 1.54) is 22.5 Å². The Labute approximate surface area is 129 Å². The van der Waals surface area contributed by atoms with E-state index in [9.17, 15) is 4.39 Å². The van der Waals surface area contributed by atoms with Crippen molar-refractivity contribution in [2.24, 2.45) is 5.92 Å². The molecule has 106 valence electrons. The zero-order chi connectivity index (χ0) is 14.3. The molecule has 0 bridgehead atoms. The van der Waals surface area contributed by atoms with Crippen molar-refractivity contribution in [1.29, 1.82) is 0 Å². The Hall–Kier alpha value is -0.980. The summed E-state index contributed by atoms with van der Waals surface area (Å²) in [5.41, 5.74) is 0.324. The summed E-state index contributed by atoms with van der Waals surface area (Å²) >= 11 is 13.3. The summed E-state index contributed by atoms with van der Waals surface area (Å²) in [4.78, 5) is 0. The lowest BCUT2D eigenvalue weighted by atomic mass is 10.2. The predicted molar refractivity (Wildman–Crippen MR) is 78.8 cm³/mol. The minimum absolute atomic E-state index is 0.226. The van der Waals surface area contributed by atoms with Gasteiger partial charge in [0, 0.05) is 11.7 Å². The largest absolute Gasteiger partial charge is 0.335 e. The van der Waals surface area contributed by atoms with E-state index in [1.54, 1.807) is 18.2 Å². The molecule has 0 amide bonds. The quantitative estimate of drug-likeness (QED) is 0.531. The molecule has 0 aliphatic heterocycles. The number of nitrogens with two attached hydrogens (primary N) is 1. The molecular weight excluding hydrogens is 322 g/mol. The van der Waals surface area contributed by atoms with E-state index in [0.717, 1.165) is 6.42 Å². The van der Waals surface area contributed by atoms with Gasteiger partial charge in [0.1, 0.15) is 10.2 Å². The number of nitrogen functional groups attached to an aromatic ring is 1. The zero-order valence-corrected chi connectivity index (χ0v) is 12.6. The van der Waals surface area contributed by atoms with E-state index in [2.05, 4.69) is 10.2 Å². The maximum atomic E-state index is 13.7. The summed E-state index contributed by atoms with van der Waals surface area (Å²) < 4.78 is 14.4. The summed E-state index contributed by atoms with van der Waals surface area (Å²) in [7, 11) is 0. The number of hydrogen-bond acceptors (Lipinski definition) is 4. The van der Waals surface area contributed by atoms with Crippen LogP contribution in [0.3, 0.4) is 0 Å². The molecule has 1 aliphatic carbocycles. The highest BCUT2D eigenvalue weighted by molar-refractivity contribution is 7.99. The van der Waals surface area contributed by atoms with Crippen LogP contribution in [0.4, 0.5) is 4.39 Å². The van der Waals surface area contributed by atoms with E-state index in [-0.39, 0.29) is 11.7 Å². The number of thioether (sulfide) groups is 1. The molecule has 1 fully saturated rings. The van der Waals surface area contributed by atoms with Gasteiger partial charge in [0.05, 0.1) is 5.56 Å². The Morgan fingerprint density at radius 2 is 2.10 bits per heavy atom. The SMILES string of the molecule is Nn1c(SC[C@H]2CC2(Cl)Cl)nnc1-c1ccccc1F. The average molecular weight is 333 g/mol. The lowest BCUT2D eigenvalue weighted by Crippen LogP contribution is -2.12. The fourth-order valence-corrected chi connectivity index (χ4v) is 3.61. The van der Waals surface area contributed by atoms with Crippen molar-refractivity contribution in [3.8, 4) is 11.4 Å². The molecule has 1 aromatic heterocycles. The van der Waals surface area contributed by atoms with Gasteiger partial charge in [0.15, 0.2) is 5.82 Å². The van der Waals surface area contributed by atoms with E-state index in [0.29, 0.717) is 22.3 Å². The second-order valence-electron chi connectivity index (χ2n) is 4.63. The molecule has 0 spiro atoms. The Balaban J connectivity index is 1.77. The Kier molecular flexibility index (Phi) is 3.56. The van der Waals surface area contributed by atoms with Crippen molar-refractivity contribution in [3.63, 3.8) is 0 Å². The van der Waals surface area contributed by atoms with Crippen molar-refractivity contribution in [3.05, 3.63) is 30.1 Å². The van der Waals surface area contributed by atoms with Crippen molar-refractivity contribution in [2.75, 3.05) is 11.6 Å². The standard InChI is InChI=1S/C12H11Cl2FN4S/c13-12(14)5-7(12)6-20-11-18-17-10(19(11)16)8-3-1-2-4-9(8)15/h1-4,7H,5-6,16H2/t7-/m1/s1. The van der Waals surface area contributed by atoms with Crippen molar-refractivity contribution in [2.45, 2.75) is 15.9 Å². The van der Waals surface area contributed by atoms with E-state index < -0.39 is 4.33 Å². The molecule has 1 aliphatic rings. The molecule has 20 heavy (non-hydrogen) atoms. The second kappa shape index (κ2) is 5.09. The van der Waals surface area contributed by atoms with Gasteiger partial charge < -0.3 is 5.84 Å². The number of halogens is 3. The number of nitrogens with zero attached hydrogens (tertiary/aromatic N) is 3. The molecule has 0 radical (unpaired) electrons. The maximum Gasteiger partial charge on any atom is 0.210 e. The van der Waals surface area contributed by atoms with E-state index in [4.69, 9.17) is 29.0 Å². The summed E-state index contributed by atoms with van der Waals surface area (Å²) in [6, 6.07) is 6.30. The normalized spacial score (nSPS) is 20.1. The van der Waals surface area contributed by atoms with Crippen molar-refractivity contribution >= 4 is 35.0 Å². The van der Waals surface area contributed by atoms with Gasteiger partial charge in [-0.15, -0.1) is 33.4 Å². The van der Waals surface area contributed by atoms with Gasteiger partial charge in [-0.25, -0.2) is 9.07 Å². The van der Waals surface area contributed by atoms with Crippen LogP contribution in [-0.4, -0.2) is 25.0 Å². The minimum atomic E-state index is -0.624. The molecule has 0 unspecified atom stereocenters. The number of benzene rings is 1. The number of hydrogen-bond donors (Lipinski definition) is 1. The third kappa shape index (κ3) is 2.60. The summed E-state index contributed by atoms with van der Waals surface area (Å²) in [5, 5.41) is 8.43. The number of alkyl halides is 2. The van der Waals surface area contributed by atoms with Crippen LogP contribution < -0.4 is 5.84 Å². The van der Waals surface area contributed by atoms with Crippen LogP contribution in [0.1, 0.15) is 6.42 Å². The fourth-order valence-electron chi connectivity index (χ4n) is 1.83. The van der Waals surface area contributed by atoms with Crippen molar-refractivity contribution in [1.82, 2.24) is 14.9 Å². The first-order valence-electron chi connectivity index (χ1n) is 5.95. The first-order valence-corrected chi connectivity index (χ1v) is 7.69. The van der Waals surface area contributed by atoms with Crippen LogP contribution in [-0.2, 0) is 0 Å². The zero-order valence-electron chi connectivity index (χ0n) is 10.3. The molecular formula is C12H11Cl2FN4S. The number of rotatable bonds is 4. The topological polar surface area (TPSA) is 56.7 Å². The fraction of sp³-hybridized carbons (Fsp3) is 0.333. The highest BCUT2D eigenvalue weighted by atomic mass is 35.5. The smallest absolute Gasteiger partial charge is 0.210 e. The summed E-state index contributed by atoms with van der Waals surface area (Å²) in [6.07, 6.45) is 0.766. The monoisotopic (exact) mass is 332 g/mol. The predicted octanol–water partition coefficient (Wildman–Crippen LogP) is 3.08. The van der Waals surface area contributed by atoms with Crippen LogP contribution in [0.25, 0.3) is 11.4 Å². The van der Waals surface area contributed by atoms with Gasteiger partial charge in [-0.05, 0) is 18.6 Å². The first kappa shape index (κ1) is 14.0. The minimum Gasteiger partial charge on any atom is -0.335 e. The highest BCUT2D eigenvalue weighted by Crippen LogP contribution is 2.54. The lowest BCUT2D eigenvalue weighted by molar-refractivity contribution is 0.629. The Morgan fingerprint density at radius 3 is 2.75 bits per heavy atom. The van der Waals surface area contributed by atoms with Crippen LogP contribution in [0, 0.1) is 11.7 Å². The summed E-state index contributed by atoms with van der Waals surface area (Å²) in [5.74, 6) is 6.76. The van der Waals surface area contributed by atoms with Crippen LogP contribution in [0.2, 0.25) is 0 Å². The van der Waals surface area contributed by atoms with Crippen LogP contribution in [0.15, 0.2) is 29.4 Å². The molecule has 3 rings (SSSR count). The maximum absolute atomic E-state index is 13.7. The van der Waals surface area contributed by atoms with E-state index >= 15 is 0 Å². The van der Waals surface area contributed by atoms with Gasteiger partial charge in [0.2, 0.25) is 5.16 Å². The van der Waals surface area contributed by atoms with Crippen molar-refractivity contribution < 1.29 is 4.39 Å². The third-order valence-electron chi connectivity index (χ3n) is 3.15. The van der Waals surface area contributed by atoms with Gasteiger partial charge >= 0.3 is 0 Å². The van der Waals surface area contributed by atoms with Gasteiger partial charge in [-0.2, -0.15) is 0 Å². The summed E-state index contributed by atoms with van der Waals surface area (Å²) in [6.45, 7) is 0. The van der Waals surface area contributed by atoms with E-state index in [1.807, 2.05) is 0 Å². The molecule has 0 saturated heterocycles. The Morgan fingerprint density at radius 1 is 1.40 bits per heavy atom. The lowest BCUT2D eigenvalue weighted by Gasteiger charge is -2.04. The van der Waals surface area contributed by atoms with Crippen LogP contribution >= 0.6 is 35.0 Å². The average Bonchev–Trinajstić information content (AvgIpc) is 2.85. The molecule has 1 saturated carbocycles. The van der Waals surface area contributed by atoms with Crippen LogP contribution in [0.5, 0.6) is 0 Å². The second-order valence-corrected chi connectivity index (χ2v) is 7.16.